The van der Waals surface area contributed by atoms with Gasteiger partial charge in [0.15, 0.2) is 0 Å². The van der Waals surface area contributed by atoms with Crippen LogP contribution in [0, 0.1) is 5.92 Å². The first-order valence-corrected chi connectivity index (χ1v) is 10.1. The third-order valence-corrected chi connectivity index (χ3v) is 5.32. The minimum absolute atomic E-state index is 0.0380. The third kappa shape index (κ3) is 5.22. The zero-order chi connectivity index (χ0) is 19.2. The molecule has 0 spiro atoms. The largest absolute Gasteiger partial charge is 0.494 e. The molecule has 0 saturated carbocycles. The molecule has 1 N–H and O–H groups in total. The van der Waals surface area contributed by atoms with E-state index in [9.17, 15) is 9.59 Å². The Morgan fingerprint density at radius 3 is 2.74 bits per heavy atom. The lowest BCUT2D eigenvalue weighted by Crippen LogP contribution is -2.57. The molecule has 2 aliphatic heterocycles. The van der Waals surface area contributed by atoms with Crippen LogP contribution in [0.25, 0.3) is 0 Å². The summed E-state index contributed by atoms with van der Waals surface area (Å²) in [5.41, 5.74) is 0.679. The van der Waals surface area contributed by atoms with Crippen LogP contribution in [-0.2, 0) is 4.79 Å². The molecular weight excluding hydrogens is 342 g/mol. The van der Waals surface area contributed by atoms with Crippen LogP contribution < -0.4 is 10.1 Å². The molecule has 0 radical (unpaired) electrons. The second-order valence-electron chi connectivity index (χ2n) is 7.87. The topological polar surface area (TPSA) is 61.9 Å². The summed E-state index contributed by atoms with van der Waals surface area (Å²) in [5, 5.41) is 3.11. The molecule has 2 heterocycles. The van der Waals surface area contributed by atoms with E-state index in [1.165, 1.54) is 0 Å². The van der Waals surface area contributed by atoms with Gasteiger partial charge in [-0.3, -0.25) is 9.59 Å². The molecule has 0 bridgehead atoms. The van der Waals surface area contributed by atoms with Crippen molar-refractivity contribution in [1.29, 1.82) is 0 Å². The van der Waals surface area contributed by atoms with Gasteiger partial charge in [0.2, 0.25) is 5.91 Å². The molecule has 2 amide bonds. The third-order valence-electron chi connectivity index (χ3n) is 5.32. The summed E-state index contributed by atoms with van der Waals surface area (Å²) in [5.74, 6) is 1.59. The molecule has 1 unspecified atom stereocenters. The maximum Gasteiger partial charge on any atom is 0.253 e. The Hall–Kier alpha value is -2.08. The highest BCUT2D eigenvalue weighted by molar-refractivity contribution is 5.94. The Balaban J connectivity index is 1.57. The van der Waals surface area contributed by atoms with Crippen molar-refractivity contribution in [3.8, 4) is 5.75 Å². The van der Waals surface area contributed by atoms with Crippen molar-refractivity contribution in [3.63, 3.8) is 0 Å². The summed E-state index contributed by atoms with van der Waals surface area (Å²) in [7, 11) is 0. The number of piperidine rings is 1. The lowest BCUT2D eigenvalue weighted by Gasteiger charge is -2.41. The van der Waals surface area contributed by atoms with E-state index in [0.717, 1.165) is 44.6 Å². The molecule has 6 heteroatoms. The monoisotopic (exact) mass is 373 g/mol. The Bertz CT molecular complexity index is 645. The summed E-state index contributed by atoms with van der Waals surface area (Å²) < 4.78 is 5.73. The molecule has 27 heavy (non-hydrogen) atoms. The van der Waals surface area contributed by atoms with Gasteiger partial charge in [-0.1, -0.05) is 13.8 Å². The average molecular weight is 373 g/mol. The van der Waals surface area contributed by atoms with E-state index < -0.39 is 0 Å². The van der Waals surface area contributed by atoms with E-state index in [0.29, 0.717) is 31.2 Å². The molecule has 1 aromatic carbocycles. The molecule has 2 fully saturated rings. The number of carbonyl (C=O) groups excluding carboxylic acids is 2. The molecule has 0 aromatic heterocycles. The van der Waals surface area contributed by atoms with Gasteiger partial charge in [0.25, 0.3) is 5.91 Å². The second kappa shape index (κ2) is 9.22. The molecular formula is C21H31N3O3. The first-order chi connectivity index (χ1) is 13.0. The number of piperazine rings is 1. The Morgan fingerprint density at radius 2 is 2.04 bits per heavy atom. The fraction of sp³-hybridized carbons (Fsp3) is 0.619. The molecule has 2 aliphatic rings. The van der Waals surface area contributed by atoms with Gasteiger partial charge >= 0.3 is 0 Å². The van der Waals surface area contributed by atoms with E-state index in [1.54, 1.807) is 0 Å². The SMILES string of the molecule is CC(C)CCOc1ccc(C(=O)N2CCCC(N3CCNCC3=O)C2)cc1. The number of ether oxygens (including phenoxy) is 1. The van der Waals surface area contributed by atoms with Gasteiger partial charge in [-0.15, -0.1) is 0 Å². The number of amides is 2. The van der Waals surface area contributed by atoms with Crippen molar-refractivity contribution in [2.24, 2.45) is 5.92 Å². The van der Waals surface area contributed by atoms with Gasteiger partial charge in [-0.2, -0.15) is 0 Å². The fourth-order valence-electron chi connectivity index (χ4n) is 3.69. The Morgan fingerprint density at radius 1 is 1.26 bits per heavy atom. The number of carbonyl (C=O) groups is 2. The number of nitrogens with one attached hydrogen (secondary N) is 1. The zero-order valence-electron chi connectivity index (χ0n) is 16.4. The highest BCUT2D eigenvalue weighted by Crippen LogP contribution is 2.20. The second-order valence-corrected chi connectivity index (χ2v) is 7.87. The minimum atomic E-state index is 0.0380. The molecule has 1 atom stereocenters. The highest BCUT2D eigenvalue weighted by Gasteiger charge is 2.31. The predicted octanol–water partition coefficient (Wildman–Crippen LogP) is 2.15. The number of likely N-dealkylation sites (tertiary alicyclic amines) is 1. The van der Waals surface area contributed by atoms with Crippen molar-refractivity contribution in [3.05, 3.63) is 29.8 Å². The van der Waals surface area contributed by atoms with Crippen molar-refractivity contribution in [2.45, 2.75) is 39.2 Å². The maximum absolute atomic E-state index is 12.9. The van der Waals surface area contributed by atoms with Gasteiger partial charge in [0.05, 0.1) is 13.2 Å². The number of benzene rings is 1. The molecule has 1 aromatic rings. The molecule has 6 nitrogen and oxygen atoms in total. The number of rotatable bonds is 6. The maximum atomic E-state index is 12.9. The van der Waals surface area contributed by atoms with Crippen LogP contribution in [-0.4, -0.2) is 67.0 Å². The molecule has 148 valence electrons. The van der Waals surface area contributed by atoms with E-state index in [4.69, 9.17) is 4.74 Å². The van der Waals surface area contributed by atoms with Crippen LogP contribution in [0.5, 0.6) is 5.75 Å². The average Bonchev–Trinajstić information content (AvgIpc) is 2.68. The van der Waals surface area contributed by atoms with Crippen LogP contribution in [0.2, 0.25) is 0 Å². The van der Waals surface area contributed by atoms with Gasteiger partial charge in [0.1, 0.15) is 5.75 Å². The summed E-state index contributed by atoms with van der Waals surface area (Å²) in [6, 6.07) is 7.55. The van der Waals surface area contributed by atoms with Gasteiger partial charge in [0, 0.05) is 37.8 Å². The normalized spacial score (nSPS) is 20.9. The Labute approximate surface area is 161 Å². The standard InChI is InChI=1S/C21H31N3O3/c1-16(2)9-13-27-19-7-5-17(6-8-19)21(26)23-11-3-4-18(15-23)24-12-10-22-14-20(24)25/h5-8,16,18,22H,3-4,9-15H2,1-2H3. The van der Waals surface area contributed by atoms with Gasteiger partial charge < -0.3 is 19.9 Å². The van der Waals surface area contributed by atoms with Crippen LogP contribution in [0.1, 0.15) is 43.5 Å². The van der Waals surface area contributed by atoms with Crippen LogP contribution in [0.15, 0.2) is 24.3 Å². The first-order valence-electron chi connectivity index (χ1n) is 10.1. The lowest BCUT2D eigenvalue weighted by molar-refractivity contribution is -0.135. The van der Waals surface area contributed by atoms with E-state index >= 15 is 0 Å². The summed E-state index contributed by atoms with van der Waals surface area (Å²) in [4.78, 5) is 28.9. The van der Waals surface area contributed by atoms with Crippen LogP contribution >= 0.6 is 0 Å². The zero-order valence-corrected chi connectivity index (χ0v) is 16.4. The molecule has 2 saturated heterocycles. The lowest BCUT2D eigenvalue weighted by atomic mass is 10.0. The highest BCUT2D eigenvalue weighted by atomic mass is 16.5. The van der Waals surface area contributed by atoms with Crippen molar-refractivity contribution < 1.29 is 14.3 Å². The fourth-order valence-corrected chi connectivity index (χ4v) is 3.69. The number of nitrogens with zero attached hydrogens (tertiary/aromatic N) is 2. The van der Waals surface area contributed by atoms with Crippen molar-refractivity contribution >= 4 is 11.8 Å². The van der Waals surface area contributed by atoms with Crippen molar-refractivity contribution in [2.75, 3.05) is 39.3 Å². The summed E-state index contributed by atoms with van der Waals surface area (Å²) in [6.07, 6.45) is 2.92. The minimum Gasteiger partial charge on any atom is -0.494 e. The summed E-state index contributed by atoms with van der Waals surface area (Å²) >= 11 is 0. The van der Waals surface area contributed by atoms with Crippen molar-refractivity contribution in [1.82, 2.24) is 15.1 Å². The Kier molecular flexibility index (Phi) is 6.72. The molecule has 0 aliphatic carbocycles. The van der Waals surface area contributed by atoms with Gasteiger partial charge in [-0.05, 0) is 49.4 Å². The van der Waals surface area contributed by atoms with Crippen LogP contribution in [0.4, 0.5) is 0 Å². The van der Waals surface area contributed by atoms with E-state index in [1.807, 2.05) is 34.1 Å². The predicted molar refractivity (Wildman–Crippen MR) is 105 cm³/mol. The van der Waals surface area contributed by atoms with E-state index in [2.05, 4.69) is 19.2 Å². The molecule has 3 rings (SSSR count). The van der Waals surface area contributed by atoms with E-state index in [-0.39, 0.29) is 17.9 Å². The number of hydrogen-bond acceptors (Lipinski definition) is 4. The van der Waals surface area contributed by atoms with Crippen LogP contribution in [0.3, 0.4) is 0 Å². The summed E-state index contributed by atoms with van der Waals surface area (Å²) in [6.45, 7) is 8.37. The first kappa shape index (κ1) is 19.7. The smallest absolute Gasteiger partial charge is 0.253 e. The quantitative estimate of drug-likeness (QED) is 0.830. The number of hydrogen-bond donors (Lipinski definition) is 1. The van der Waals surface area contributed by atoms with Gasteiger partial charge in [-0.25, -0.2) is 0 Å².